The Balaban J connectivity index is 1.04. The van der Waals surface area contributed by atoms with Gasteiger partial charge in [0.05, 0.1) is 28.3 Å². The first-order valence-corrected chi connectivity index (χ1v) is 21.0. The van der Waals surface area contributed by atoms with E-state index < -0.39 is 0 Å². The Bertz CT molecular complexity index is 3250. The first kappa shape index (κ1) is 36.7. The fourth-order valence-corrected chi connectivity index (χ4v) is 8.96. The van der Waals surface area contributed by atoms with Gasteiger partial charge in [-0.15, -0.1) is 0 Å². The molecule has 0 atom stereocenters. The van der Waals surface area contributed by atoms with Gasteiger partial charge in [0.15, 0.2) is 0 Å². The van der Waals surface area contributed by atoms with E-state index in [2.05, 4.69) is 256 Å². The lowest BCUT2D eigenvalue weighted by atomic mass is 10.0. The predicted molar refractivity (Wildman–Crippen MR) is 262 cm³/mol. The predicted octanol–water partition coefficient (Wildman–Crippen LogP) is 16.0. The molecule has 11 rings (SSSR count). The average Bonchev–Trinajstić information content (AvgIpc) is 3.68. The highest BCUT2D eigenvalue weighted by molar-refractivity contribution is 6.03. The number of rotatable bonds is 8. The van der Waals surface area contributed by atoms with Crippen LogP contribution < -0.4 is 15.1 Å². The Morgan fingerprint density at radius 1 is 0.355 bits per heavy atom. The number of nitrogens with one attached hydrogen (secondary N) is 1. The largest absolute Gasteiger partial charge is 0.355 e. The Morgan fingerprint density at radius 3 is 1.65 bits per heavy atom. The SMILES string of the molecule is C=C1c2ccccc2N(c2cccc(-n3c(-c4ccccc4Nc4cccc(-c5ccccc5)c4)cc4ccccc43)c2)c2ccccc2N1c1cccc(-c2ccccc2)c1. The topological polar surface area (TPSA) is 23.4 Å². The van der Waals surface area contributed by atoms with Crippen LogP contribution in [-0.2, 0) is 0 Å². The molecule has 1 aliphatic heterocycles. The van der Waals surface area contributed by atoms with E-state index in [9.17, 15) is 0 Å². The Labute approximate surface area is 362 Å². The smallest absolute Gasteiger partial charge is 0.0702 e. The Hall–Kier alpha value is -8.34. The van der Waals surface area contributed by atoms with Crippen molar-refractivity contribution >= 4 is 56.4 Å². The molecule has 1 aliphatic rings. The number of anilines is 7. The van der Waals surface area contributed by atoms with Crippen molar-refractivity contribution in [3.8, 4) is 39.2 Å². The van der Waals surface area contributed by atoms with Crippen LogP contribution in [-0.4, -0.2) is 4.57 Å². The summed E-state index contributed by atoms with van der Waals surface area (Å²) in [7, 11) is 0. The van der Waals surface area contributed by atoms with Crippen LogP contribution in [0.15, 0.2) is 243 Å². The van der Waals surface area contributed by atoms with Gasteiger partial charge in [0.1, 0.15) is 0 Å². The van der Waals surface area contributed by atoms with Crippen molar-refractivity contribution in [3.05, 3.63) is 249 Å². The third-order valence-electron chi connectivity index (χ3n) is 11.8. The molecule has 0 spiro atoms. The van der Waals surface area contributed by atoms with E-state index in [4.69, 9.17) is 6.58 Å². The lowest BCUT2D eigenvalue weighted by molar-refractivity contribution is 1.13. The van der Waals surface area contributed by atoms with Gasteiger partial charge in [0, 0.05) is 50.6 Å². The van der Waals surface area contributed by atoms with Gasteiger partial charge in [-0.25, -0.2) is 0 Å². The molecule has 4 nitrogen and oxygen atoms in total. The van der Waals surface area contributed by atoms with Crippen molar-refractivity contribution < 1.29 is 0 Å². The summed E-state index contributed by atoms with van der Waals surface area (Å²) in [6.07, 6.45) is 0. The van der Waals surface area contributed by atoms with Crippen LogP contribution in [0.4, 0.5) is 39.8 Å². The third-order valence-corrected chi connectivity index (χ3v) is 11.8. The van der Waals surface area contributed by atoms with Crippen molar-refractivity contribution in [2.75, 3.05) is 15.1 Å². The standard InChI is InChI=1S/C58H42N4/c1-41-51-30-10-13-34-55(51)62(57-36-15-14-35-56(57)60(41)48-27-17-25-45(38-48)43-21-6-3-7-22-43)50-29-18-28-49(40-50)61-54-33-12-8-23-46(54)39-58(61)52-31-9-11-32-53(52)59-47-26-16-24-44(37-47)42-19-4-2-5-20-42/h2-40,59H,1H2. The van der Waals surface area contributed by atoms with Crippen LogP contribution in [0, 0.1) is 0 Å². The van der Waals surface area contributed by atoms with Gasteiger partial charge in [-0.2, -0.15) is 0 Å². The highest BCUT2D eigenvalue weighted by Gasteiger charge is 2.30. The van der Waals surface area contributed by atoms with E-state index in [0.29, 0.717) is 0 Å². The molecule has 2 heterocycles. The lowest BCUT2D eigenvalue weighted by Crippen LogP contribution is -2.14. The summed E-state index contributed by atoms with van der Waals surface area (Å²) >= 11 is 0. The molecule has 4 heteroatoms. The molecule has 0 aliphatic carbocycles. The first-order chi connectivity index (χ1) is 30.7. The zero-order valence-corrected chi connectivity index (χ0v) is 34.1. The summed E-state index contributed by atoms with van der Waals surface area (Å²) in [4.78, 5) is 4.70. The van der Waals surface area contributed by atoms with E-state index >= 15 is 0 Å². The maximum absolute atomic E-state index is 4.79. The van der Waals surface area contributed by atoms with E-state index in [0.717, 1.165) is 79.1 Å². The van der Waals surface area contributed by atoms with Gasteiger partial charge in [-0.1, -0.05) is 164 Å². The number of hydrogen-bond donors (Lipinski definition) is 1. The first-order valence-electron chi connectivity index (χ1n) is 21.0. The molecule has 0 bridgehead atoms. The number of fused-ring (bicyclic) bond motifs is 3. The van der Waals surface area contributed by atoms with Gasteiger partial charge in [-0.3, -0.25) is 0 Å². The molecular weight excluding hydrogens is 753 g/mol. The van der Waals surface area contributed by atoms with Crippen LogP contribution in [0.2, 0.25) is 0 Å². The number of aromatic nitrogens is 1. The van der Waals surface area contributed by atoms with Crippen molar-refractivity contribution in [2.24, 2.45) is 0 Å². The van der Waals surface area contributed by atoms with E-state index in [-0.39, 0.29) is 0 Å². The summed E-state index contributed by atoms with van der Waals surface area (Å²) in [5.41, 5.74) is 18.4. The molecule has 0 fully saturated rings. The number of para-hydroxylation sites is 5. The number of nitrogens with zero attached hydrogens (tertiary/aromatic N) is 3. The minimum absolute atomic E-state index is 0.911. The van der Waals surface area contributed by atoms with Crippen molar-refractivity contribution in [1.82, 2.24) is 4.57 Å². The lowest BCUT2D eigenvalue weighted by Gasteiger charge is -2.29. The van der Waals surface area contributed by atoms with Crippen molar-refractivity contribution in [2.45, 2.75) is 0 Å². The van der Waals surface area contributed by atoms with E-state index in [1.807, 2.05) is 0 Å². The molecular formula is C58H42N4. The van der Waals surface area contributed by atoms with Gasteiger partial charge in [-0.05, 0) is 101 Å². The average molecular weight is 795 g/mol. The number of hydrogen-bond acceptors (Lipinski definition) is 3. The van der Waals surface area contributed by atoms with Crippen molar-refractivity contribution in [3.63, 3.8) is 0 Å². The molecule has 9 aromatic carbocycles. The second-order valence-electron chi connectivity index (χ2n) is 15.6. The third kappa shape index (κ3) is 6.61. The van der Waals surface area contributed by atoms with Crippen LogP contribution in [0.3, 0.4) is 0 Å². The Kier molecular flexibility index (Phi) is 9.29. The molecule has 294 valence electrons. The van der Waals surface area contributed by atoms with E-state index in [1.54, 1.807) is 0 Å². The second-order valence-corrected chi connectivity index (χ2v) is 15.6. The zero-order chi connectivity index (χ0) is 41.4. The normalized spacial score (nSPS) is 12.2. The zero-order valence-electron chi connectivity index (χ0n) is 34.1. The molecule has 0 amide bonds. The molecule has 62 heavy (non-hydrogen) atoms. The second kappa shape index (κ2) is 15.7. The minimum Gasteiger partial charge on any atom is -0.355 e. The summed E-state index contributed by atoms with van der Waals surface area (Å²) < 4.78 is 2.40. The van der Waals surface area contributed by atoms with Gasteiger partial charge in [0.25, 0.3) is 0 Å². The van der Waals surface area contributed by atoms with Crippen LogP contribution in [0.1, 0.15) is 5.56 Å². The molecule has 1 N–H and O–H groups in total. The van der Waals surface area contributed by atoms with Crippen LogP contribution >= 0.6 is 0 Å². The van der Waals surface area contributed by atoms with Gasteiger partial charge < -0.3 is 19.7 Å². The number of benzene rings is 9. The fraction of sp³-hybridized carbons (Fsp3) is 0. The monoisotopic (exact) mass is 794 g/mol. The summed E-state index contributed by atoms with van der Waals surface area (Å²) in [6, 6.07) is 84.3. The van der Waals surface area contributed by atoms with Crippen molar-refractivity contribution in [1.29, 1.82) is 0 Å². The summed E-state index contributed by atoms with van der Waals surface area (Å²) in [5, 5.41) is 4.97. The fourth-order valence-electron chi connectivity index (χ4n) is 8.96. The maximum Gasteiger partial charge on any atom is 0.0702 e. The highest BCUT2D eigenvalue weighted by Crippen LogP contribution is 2.51. The summed E-state index contributed by atoms with van der Waals surface area (Å²) in [6.45, 7) is 4.79. The molecule has 0 unspecified atom stereocenters. The van der Waals surface area contributed by atoms with E-state index in [1.165, 1.54) is 22.1 Å². The van der Waals surface area contributed by atoms with Gasteiger partial charge in [0.2, 0.25) is 0 Å². The highest BCUT2D eigenvalue weighted by atomic mass is 15.2. The van der Waals surface area contributed by atoms with Crippen LogP contribution in [0.25, 0.3) is 55.8 Å². The Morgan fingerprint density at radius 2 is 0.887 bits per heavy atom. The van der Waals surface area contributed by atoms with Gasteiger partial charge >= 0.3 is 0 Å². The summed E-state index contributed by atoms with van der Waals surface area (Å²) in [5.74, 6) is 0. The van der Waals surface area contributed by atoms with Crippen LogP contribution in [0.5, 0.6) is 0 Å². The molecule has 0 saturated carbocycles. The maximum atomic E-state index is 4.79. The quantitative estimate of drug-likeness (QED) is 0.166. The molecule has 10 aromatic rings. The minimum atomic E-state index is 0.911. The molecule has 0 saturated heterocycles. The molecule has 0 radical (unpaired) electrons. The molecule has 1 aromatic heterocycles.